The highest BCUT2D eigenvalue weighted by Gasteiger charge is 2.19. The van der Waals surface area contributed by atoms with Crippen LogP contribution in [-0.4, -0.2) is 22.8 Å². The zero-order valence-electron chi connectivity index (χ0n) is 10.1. The average Bonchev–Trinajstić information content (AvgIpc) is 3.18. The van der Waals surface area contributed by atoms with Crippen LogP contribution in [0.5, 0.6) is 0 Å². The molecule has 0 saturated heterocycles. The molecule has 0 spiro atoms. The molecule has 1 fully saturated rings. The molecule has 0 amide bonds. The van der Waals surface area contributed by atoms with Crippen molar-refractivity contribution in [3.63, 3.8) is 0 Å². The van der Waals surface area contributed by atoms with Gasteiger partial charge in [-0.3, -0.25) is 0 Å². The molecular weight excluding hydrogens is 234 g/mol. The number of nitrogens with zero attached hydrogens (tertiary/aromatic N) is 2. The largest absolute Gasteiger partial charge is 0.370 e. The van der Waals surface area contributed by atoms with Crippen molar-refractivity contribution in [3.8, 4) is 0 Å². The van der Waals surface area contributed by atoms with Crippen LogP contribution in [0.2, 0.25) is 0 Å². The molecule has 0 aromatic carbocycles. The maximum atomic E-state index is 5.37. The number of aromatic nitrogens is 2. The summed E-state index contributed by atoms with van der Waals surface area (Å²) in [6, 6.07) is 1.83. The van der Waals surface area contributed by atoms with Crippen molar-refractivity contribution in [1.29, 1.82) is 0 Å². The van der Waals surface area contributed by atoms with Crippen LogP contribution in [0, 0.1) is 5.92 Å². The SMILES string of the molecule is CSc1nc(NN)cc(NCCCC2CC2)n1. The Bertz CT molecular complexity index is 345. The molecule has 0 radical (unpaired) electrons. The Kier molecular flexibility index (Phi) is 4.44. The third-order valence-corrected chi connectivity index (χ3v) is 3.38. The van der Waals surface area contributed by atoms with Gasteiger partial charge in [-0.1, -0.05) is 24.6 Å². The lowest BCUT2D eigenvalue weighted by molar-refractivity contribution is 0.686. The lowest BCUT2D eigenvalue weighted by Gasteiger charge is -2.08. The third kappa shape index (κ3) is 4.05. The molecule has 6 heteroatoms. The van der Waals surface area contributed by atoms with Crippen LogP contribution >= 0.6 is 11.8 Å². The molecule has 1 aliphatic rings. The Hall–Kier alpha value is -1.01. The van der Waals surface area contributed by atoms with Gasteiger partial charge >= 0.3 is 0 Å². The van der Waals surface area contributed by atoms with Gasteiger partial charge in [-0.05, 0) is 25.0 Å². The van der Waals surface area contributed by atoms with Crippen molar-refractivity contribution < 1.29 is 0 Å². The molecule has 0 unspecified atom stereocenters. The van der Waals surface area contributed by atoms with E-state index in [-0.39, 0.29) is 0 Å². The summed E-state index contributed by atoms with van der Waals surface area (Å²) in [6.45, 7) is 0.964. The fourth-order valence-corrected chi connectivity index (χ4v) is 2.07. The maximum absolute atomic E-state index is 5.37. The fraction of sp³-hybridized carbons (Fsp3) is 0.636. The van der Waals surface area contributed by atoms with Crippen molar-refractivity contribution in [3.05, 3.63) is 6.07 Å². The van der Waals surface area contributed by atoms with Gasteiger partial charge in [0.15, 0.2) is 5.16 Å². The molecule has 0 bridgehead atoms. The minimum atomic E-state index is 0.647. The third-order valence-electron chi connectivity index (χ3n) is 2.83. The van der Waals surface area contributed by atoms with Crippen LogP contribution in [0.3, 0.4) is 0 Å². The molecule has 17 heavy (non-hydrogen) atoms. The van der Waals surface area contributed by atoms with E-state index in [1.54, 1.807) is 0 Å². The average molecular weight is 253 g/mol. The summed E-state index contributed by atoms with van der Waals surface area (Å²) in [7, 11) is 0. The van der Waals surface area contributed by atoms with Crippen molar-refractivity contribution in [1.82, 2.24) is 9.97 Å². The highest BCUT2D eigenvalue weighted by atomic mass is 32.2. The first-order valence-corrected chi connectivity index (χ1v) is 7.18. The number of hydrogen-bond acceptors (Lipinski definition) is 6. The second-order valence-electron chi connectivity index (χ2n) is 4.28. The first-order valence-electron chi connectivity index (χ1n) is 5.95. The van der Waals surface area contributed by atoms with Gasteiger partial charge in [0.05, 0.1) is 0 Å². The second-order valence-corrected chi connectivity index (χ2v) is 5.06. The van der Waals surface area contributed by atoms with E-state index in [0.717, 1.165) is 23.4 Å². The molecule has 0 atom stereocenters. The lowest BCUT2D eigenvalue weighted by Crippen LogP contribution is -2.11. The van der Waals surface area contributed by atoms with Gasteiger partial charge in [-0.15, -0.1) is 0 Å². The van der Waals surface area contributed by atoms with E-state index in [1.165, 1.54) is 37.4 Å². The Balaban J connectivity index is 1.84. The van der Waals surface area contributed by atoms with E-state index in [1.807, 2.05) is 12.3 Å². The highest BCUT2D eigenvalue weighted by molar-refractivity contribution is 7.98. The topological polar surface area (TPSA) is 75.9 Å². The van der Waals surface area contributed by atoms with E-state index in [4.69, 9.17) is 5.84 Å². The Morgan fingerprint density at radius 1 is 1.41 bits per heavy atom. The number of nitrogen functional groups attached to an aromatic ring is 1. The summed E-state index contributed by atoms with van der Waals surface area (Å²) in [5.41, 5.74) is 2.56. The van der Waals surface area contributed by atoms with Crippen molar-refractivity contribution in [2.24, 2.45) is 11.8 Å². The standard InChI is InChI=1S/C11H19N5S/c1-17-11-14-9(7-10(15-11)16-12)13-6-2-3-8-4-5-8/h7-8H,2-6,12H2,1H3,(H2,13,14,15,16). The Morgan fingerprint density at radius 3 is 2.82 bits per heavy atom. The number of hydrazine groups is 1. The minimum Gasteiger partial charge on any atom is -0.370 e. The van der Waals surface area contributed by atoms with Crippen LogP contribution in [0.15, 0.2) is 11.2 Å². The summed E-state index contributed by atoms with van der Waals surface area (Å²) < 4.78 is 0. The monoisotopic (exact) mass is 253 g/mol. The number of nitrogens with one attached hydrogen (secondary N) is 2. The number of thioether (sulfide) groups is 1. The smallest absolute Gasteiger partial charge is 0.191 e. The van der Waals surface area contributed by atoms with Gasteiger partial charge in [-0.2, -0.15) is 0 Å². The quantitative estimate of drug-likeness (QED) is 0.227. The van der Waals surface area contributed by atoms with E-state index < -0.39 is 0 Å². The molecule has 1 aliphatic carbocycles. The molecule has 1 aromatic rings. The van der Waals surface area contributed by atoms with E-state index in [9.17, 15) is 0 Å². The van der Waals surface area contributed by atoms with Crippen LogP contribution < -0.4 is 16.6 Å². The van der Waals surface area contributed by atoms with Gasteiger partial charge in [0.1, 0.15) is 11.6 Å². The van der Waals surface area contributed by atoms with Crippen LogP contribution in [0.4, 0.5) is 11.6 Å². The summed E-state index contributed by atoms with van der Waals surface area (Å²) >= 11 is 1.51. The predicted octanol–water partition coefficient (Wildman–Crippen LogP) is 2.09. The molecular formula is C11H19N5S. The Morgan fingerprint density at radius 2 is 2.18 bits per heavy atom. The van der Waals surface area contributed by atoms with Crippen molar-refractivity contribution >= 4 is 23.4 Å². The molecule has 1 aromatic heterocycles. The molecule has 0 aliphatic heterocycles. The van der Waals surface area contributed by atoms with Crippen LogP contribution in [0.1, 0.15) is 25.7 Å². The maximum Gasteiger partial charge on any atom is 0.191 e. The number of hydrogen-bond donors (Lipinski definition) is 3. The zero-order chi connectivity index (χ0) is 12.1. The second kappa shape index (κ2) is 6.07. The molecule has 4 N–H and O–H groups in total. The van der Waals surface area contributed by atoms with Crippen LogP contribution in [-0.2, 0) is 0 Å². The first kappa shape index (κ1) is 12.4. The van der Waals surface area contributed by atoms with Gasteiger partial charge in [-0.25, -0.2) is 15.8 Å². The van der Waals surface area contributed by atoms with Gasteiger partial charge in [0.2, 0.25) is 0 Å². The van der Waals surface area contributed by atoms with E-state index in [2.05, 4.69) is 20.7 Å². The summed E-state index contributed by atoms with van der Waals surface area (Å²) in [5, 5.41) is 4.04. The summed E-state index contributed by atoms with van der Waals surface area (Å²) in [5.74, 6) is 7.85. The number of rotatable bonds is 7. The first-order chi connectivity index (χ1) is 8.31. The molecule has 5 nitrogen and oxygen atoms in total. The zero-order valence-corrected chi connectivity index (χ0v) is 10.9. The fourth-order valence-electron chi connectivity index (χ4n) is 1.69. The highest BCUT2D eigenvalue weighted by Crippen LogP contribution is 2.33. The number of anilines is 2. The van der Waals surface area contributed by atoms with Crippen molar-refractivity contribution in [2.75, 3.05) is 23.5 Å². The van der Waals surface area contributed by atoms with E-state index in [0.29, 0.717) is 5.82 Å². The van der Waals surface area contributed by atoms with Gasteiger partial charge in [0, 0.05) is 12.6 Å². The molecule has 1 heterocycles. The van der Waals surface area contributed by atoms with Gasteiger partial charge in [0.25, 0.3) is 0 Å². The van der Waals surface area contributed by atoms with Crippen LogP contribution in [0.25, 0.3) is 0 Å². The molecule has 2 rings (SSSR count). The van der Waals surface area contributed by atoms with Crippen molar-refractivity contribution in [2.45, 2.75) is 30.8 Å². The normalized spacial score (nSPS) is 14.7. The predicted molar refractivity (Wildman–Crippen MR) is 72.1 cm³/mol. The summed E-state index contributed by atoms with van der Waals surface area (Å²) in [6.07, 6.45) is 7.33. The Labute approximate surface area is 106 Å². The summed E-state index contributed by atoms with van der Waals surface area (Å²) in [4.78, 5) is 8.59. The van der Waals surface area contributed by atoms with Gasteiger partial charge < -0.3 is 10.7 Å². The molecule has 1 saturated carbocycles. The number of nitrogens with two attached hydrogens (primary N) is 1. The lowest BCUT2D eigenvalue weighted by atomic mass is 10.2. The van der Waals surface area contributed by atoms with E-state index >= 15 is 0 Å². The molecule has 94 valence electrons. The minimum absolute atomic E-state index is 0.647.